The molecule has 0 aliphatic rings. The van der Waals surface area contributed by atoms with E-state index >= 15 is 0 Å². The van der Waals surface area contributed by atoms with Gasteiger partial charge in [-0.3, -0.25) is 9.59 Å². The van der Waals surface area contributed by atoms with Crippen molar-refractivity contribution >= 4 is 11.9 Å². The monoisotopic (exact) mass is 231 g/mol. The van der Waals surface area contributed by atoms with Crippen LogP contribution in [0.5, 0.6) is 0 Å². The Hall–Kier alpha value is -1.10. The van der Waals surface area contributed by atoms with Crippen LogP contribution in [0.2, 0.25) is 0 Å². The Morgan fingerprint density at radius 3 is 2.44 bits per heavy atom. The minimum atomic E-state index is -0.871. The number of carboxylic acids is 1. The van der Waals surface area contributed by atoms with Crippen molar-refractivity contribution in [2.45, 2.75) is 39.2 Å². The Kier molecular flexibility index (Phi) is 7.54. The third-order valence-electron chi connectivity index (χ3n) is 2.28. The molecule has 0 aromatic carbocycles. The molecule has 0 aromatic heterocycles. The highest BCUT2D eigenvalue weighted by atomic mass is 16.5. The lowest BCUT2D eigenvalue weighted by molar-refractivity contribution is -0.138. The Balaban J connectivity index is 3.91. The lowest BCUT2D eigenvalue weighted by Gasteiger charge is -2.17. The van der Waals surface area contributed by atoms with E-state index in [4.69, 9.17) is 9.84 Å². The maximum atomic E-state index is 11.5. The van der Waals surface area contributed by atoms with Crippen LogP contribution in [0.15, 0.2) is 0 Å². The van der Waals surface area contributed by atoms with E-state index < -0.39 is 5.97 Å². The van der Waals surface area contributed by atoms with Gasteiger partial charge in [0.2, 0.25) is 5.91 Å². The number of hydrogen-bond donors (Lipinski definition) is 2. The number of methoxy groups -OCH3 is 1. The van der Waals surface area contributed by atoms with Gasteiger partial charge in [0.15, 0.2) is 0 Å². The van der Waals surface area contributed by atoms with Gasteiger partial charge >= 0.3 is 5.97 Å². The predicted molar refractivity (Wildman–Crippen MR) is 60.1 cm³/mol. The van der Waals surface area contributed by atoms with Gasteiger partial charge in [-0.2, -0.15) is 0 Å². The molecule has 0 aliphatic carbocycles. The highest BCUT2D eigenvalue weighted by molar-refractivity contribution is 5.77. The number of carboxylic acid groups (broad SMARTS) is 1. The summed E-state index contributed by atoms with van der Waals surface area (Å²) in [6, 6.07) is 0.00882. The normalized spacial score (nSPS) is 14.2. The van der Waals surface area contributed by atoms with Crippen LogP contribution in [0.1, 0.15) is 33.1 Å². The summed E-state index contributed by atoms with van der Waals surface area (Å²) in [6.07, 6.45) is 1.06. The first-order chi connectivity index (χ1) is 7.49. The van der Waals surface area contributed by atoms with Gasteiger partial charge in [-0.25, -0.2) is 0 Å². The molecule has 0 spiro atoms. The van der Waals surface area contributed by atoms with Crippen LogP contribution in [0.25, 0.3) is 0 Å². The Morgan fingerprint density at radius 2 is 2.00 bits per heavy atom. The summed E-state index contributed by atoms with van der Waals surface area (Å²) in [5.41, 5.74) is 0. The molecule has 0 heterocycles. The number of aliphatic carboxylic acids is 1. The number of rotatable bonds is 8. The molecule has 0 fully saturated rings. The molecule has 2 N–H and O–H groups in total. The van der Waals surface area contributed by atoms with Gasteiger partial charge in [-0.1, -0.05) is 13.8 Å². The average molecular weight is 231 g/mol. The molecule has 0 aromatic rings. The van der Waals surface area contributed by atoms with Crippen molar-refractivity contribution in [2.24, 2.45) is 5.92 Å². The third kappa shape index (κ3) is 7.23. The second kappa shape index (κ2) is 8.10. The van der Waals surface area contributed by atoms with Gasteiger partial charge in [0, 0.05) is 20.0 Å². The first-order valence-corrected chi connectivity index (χ1v) is 5.49. The van der Waals surface area contributed by atoms with Crippen LogP contribution in [-0.2, 0) is 14.3 Å². The molecule has 2 atom stereocenters. The second-order valence-corrected chi connectivity index (χ2v) is 4.04. The summed E-state index contributed by atoms with van der Waals surface area (Å²) in [5.74, 6) is -1.13. The molecule has 0 radical (unpaired) electrons. The van der Waals surface area contributed by atoms with Gasteiger partial charge in [-0.15, -0.1) is 0 Å². The van der Waals surface area contributed by atoms with E-state index in [1.165, 1.54) is 0 Å². The van der Waals surface area contributed by atoms with Crippen molar-refractivity contribution in [1.82, 2.24) is 5.32 Å². The number of ether oxygens (including phenoxy) is 1. The van der Waals surface area contributed by atoms with Gasteiger partial charge in [0.05, 0.1) is 12.6 Å². The van der Waals surface area contributed by atoms with Crippen molar-refractivity contribution in [3.8, 4) is 0 Å². The standard InChI is InChI=1S/C11H21NO4/c1-4-9(7-16-3)12-10(13)5-8(2)6-11(14)15/h8-9H,4-7H2,1-3H3,(H,12,13)(H,14,15). The fourth-order valence-electron chi connectivity index (χ4n) is 1.44. The van der Waals surface area contributed by atoms with E-state index in [2.05, 4.69) is 5.32 Å². The quantitative estimate of drug-likeness (QED) is 0.654. The van der Waals surface area contributed by atoms with Crippen LogP contribution in [0, 0.1) is 5.92 Å². The highest BCUT2D eigenvalue weighted by Crippen LogP contribution is 2.07. The zero-order chi connectivity index (χ0) is 12.6. The minimum Gasteiger partial charge on any atom is -0.481 e. The Morgan fingerprint density at radius 1 is 1.38 bits per heavy atom. The minimum absolute atomic E-state index is 0.00882. The number of nitrogens with one attached hydrogen (secondary N) is 1. The lowest BCUT2D eigenvalue weighted by atomic mass is 10.0. The van der Waals surface area contributed by atoms with Crippen LogP contribution >= 0.6 is 0 Å². The topological polar surface area (TPSA) is 75.6 Å². The summed E-state index contributed by atoms with van der Waals surface area (Å²) in [4.78, 5) is 21.9. The van der Waals surface area contributed by atoms with E-state index in [1.807, 2.05) is 6.92 Å². The van der Waals surface area contributed by atoms with Crippen LogP contribution < -0.4 is 5.32 Å². The van der Waals surface area contributed by atoms with Gasteiger partial charge < -0.3 is 15.2 Å². The zero-order valence-electron chi connectivity index (χ0n) is 10.2. The zero-order valence-corrected chi connectivity index (χ0v) is 10.2. The van der Waals surface area contributed by atoms with E-state index in [0.717, 1.165) is 6.42 Å². The van der Waals surface area contributed by atoms with Gasteiger partial charge in [-0.05, 0) is 12.3 Å². The summed E-state index contributed by atoms with van der Waals surface area (Å²) < 4.78 is 4.96. The van der Waals surface area contributed by atoms with Crippen molar-refractivity contribution in [2.75, 3.05) is 13.7 Å². The number of carbonyl (C=O) groups excluding carboxylic acids is 1. The largest absolute Gasteiger partial charge is 0.481 e. The van der Waals surface area contributed by atoms with Crippen molar-refractivity contribution in [1.29, 1.82) is 0 Å². The molecule has 2 unspecified atom stereocenters. The number of hydrogen-bond acceptors (Lipinski definition) is 3. The van der Waals surface area contributed by atoms with E-state index in [0.29, 0.717) is 6.61 Å². The fraction of sp³-hybridized carbons (Fsp3) is 0.818. The van der Waals surface area contributed by atoms with Gasteiger partial charge in [0.25, 0.3) is 0 Å². The molecule has 5 nitrogen and oxygen atoms in total. The molecule has 0 saturated heterocycles. The molecule has 5 heteroatoms. The highest BCUT2D eigenvalue weighted by Gasteiger charge is 2.15. The van der Waals surface area contributed by atoms with E-state index in [1.54, 1.807) is 14.0 Å². The Bertz CT molecular complexity index is 230. The molecule has 0 rings (SSSR count). The maximum absolute atomic E-state index is 11.5. The molecular formula is C11H21NO4. The summed E-state index contributed by atoms with van der Waals surface area (Å²) >= 11 is 0. The first-order valence-electron chi connectivity index (χ1n) is 5.49. The Labute approximate surface area is 96.2 Å². The third-order valence-corrected chi connectivity index (χ3v) is 2.28. The predicted octanol–water partition coefficient (Wildman–Crippen LogP) is 1.03. The van der Waals surface area contributed by atoms with Gasteiger partial charge in [0.1, 0.15) is 0 Å². The SMILES string of the molecule is CCC(COC)NC(=O)CC(C)CC(=O)O. The summed E-state index contributed by atoms with van der Waals surface area (Å²) in [5, 5.41) is 11.4. The van der Waals surface area contributed by atoms with E-state index in [9.17, 15) is 9.59 Å². The van der Waals surface area contributed by atoms with Crippen LogP contribution in [0.4, 0.5) is 0 Å². The lowest BCUT2D eigenvalue weighted by Crippen LogP contribution is -2.38. The van der Waals surface area contributed by atoms with Crippen molar-refractivity contribution in [3.63, 3.8) is 0 Å². The summed E-state index contributed by atoms with van der Waals surface area (Å²) in [7, 11) is 1.59. The molecule has 0 saturated carbocycles. The molecule has 0 aliphatic heterocycles. The fourth-order valence-corrected chi connectivity index (χ4v) is 1.44. The molecule has 94 valence electrons. The number of carbonyl (C=O) groups is 2. The van der Waals surface area contributed by atoms with Crippen LogP contribution in [-0.4, -0.2) is 36.7 Å². The molecular weight excluding hydrogens is 210 g/mol. The first kappa shape index (κ1) is 14.9. The molecule has 16 heavy (non-hydrogen) atoms. The average Bonchev–Trinajstić information content (AvgIpc) is 2.15. The smallest absolute Gasteiger partial charge is 0.303 e. The molecule has 1 amide bonds. The molecule has 0 bridgehead atoms. The number of amides is 1. The van der Waals surface area contributed by atoms with Crippen molar-refractivity contribution in [3.05, 3.63) is 0 Å². The maximum Gasteiger partial charge on any atom is 0.303 e. The second-order valence-electron chi connectivity index (χ2n) is 4.04. The summed E-state index contributed by atoms with van der Waals surface area (Å²) in [6.45, 7) is 4.20. The van der Waals surface area contributed by atoms with Crippen LogP contribution in [0.3, 0.4) is 0 Å². The van der Waals surface area contributed by atoms with E-state index in [-0.39, 0.29) is 30.7 Å². The van der Waals surface area contributed by atoms with Crippen molar-refractivity contribution < 1.29 is 19.4 Å².